The number of anilines is 2. The molecule has 0 aliphatic rings. The van der Waals surface area contributed by atoms with E-state index in [1.807, 2.05) is 51.1 Å². The van der Waals surface area contributed by atoms with Crippen LogP contribution in [0.15, 0.2) is 65.8 Å². The highest BCUT2D eigenvalue weighted by Crippen LogP contribution is 2.28. The van der Waals surface area contributed by atoms with Crippen molar-refractivity contribution < 1.29 is 23.9 Å². The van der Waals surface area contributed by atoms with Gasteiger partial charge in [0.15, 0.2) is 18.1 Å². The maximum absolute atomic E-state index is 12.4. The molecule has 0 heterocycles. The van der Waals surface area contributed by atoms with E-state index in [-0.39, 0.29) is 12.5 Å². The molecular weight excluding hydrogens is 460 g/mol. The van der Waals surface area contributed by atoms with Crippen molar-refractivity contribution in [1.82, 2.24) is 5.43 Å². The molecule has 0 saturated heterocycles. The summed E-state index contributed by atoms with van der Waals surface area (Å²) in [6.07, 6.45) is 1.36. The summed E-state index contributed by atoms with van der Waals surface area (Å²) < 4.78 is 11.0. The number of amides is 3. The van der Waals surface area contributed by atoms with Gasteiger partial charge in [-0.15, -0.1) is 0 Å². The molecule has 9 nitrogen and oxygen atoms in total. The van der Waals surface area contributed by atoms with Crippen molar-refractivity contribution in [2.24, 2.45) is 5.10 Å². The van der Waals surface area contributed by atoms with E-state index in [0.29, 0.717) is 22.7 Å². The molecule has 0 saturated carbocycles. The molecule has 3 aromatic rings. The van der Waals surface area contributed by atoms with Crippen LogP contribution in [0.25, 0.3) is 0 Å². The Balaban J connectivity index is 1.55. The maximum atomic E-state index is 12.4. The van der Waals surface area contributed by atoms with E-state index >= 15 is 0 Å². The number of hydrazone groups is 1. The number of ether oxygens (including phenoxy) is 2. The van der Waals surface area contributed by atoms with Crippen molar-refractivity contribution in [1.29, 1.82) is 0 Å². The first-order chi connectivity index (χ1) is 17.3. The van der Waals surface area contributed by atoms with Gasteiger partial charge < -0.3 is 20.1 Å². The summed E-state index contributed by atoms with van der Waals surface area (Å²) in [6, 6.07) is 17.8. The second-order valence-electron chi connectivity index (χ2n) is 7.98. The van der Waals surface area contributed by atoms with Crippen LogP contribution in [0.3, 0.4) is 0 Å². The number of rotatable bonds is 8. The highest BCUT2D eigenvalue weighted by molar-refractivity contribution is 6.39. The van der Waals surface area contributed by atoms with Crippen LogP contribution < -0.4 is 25.5 Å². The van der Waals surface area contributed by atoms with Crippen LogP contribution in [0.1, 0.15) is 22.3 Å². The fourth-order valence-corrected chi connectivity index (χ4v) is 3.32. The number of nitrogens with one attached hydrogen (secondary N) is 3. The van der Waals surface area contributed by atoms with Gasteiger partial charge in [0.2, 0.25) is 0 Å². The molecule has 0 aliphatic heterocycles. The number of nitrogens with zero attached hydrogens (tertiary/aromatic N) is 1. The van der Waals surface area contributed by atoms with E-state index in [1.54, 1.807) is 30.3 Å². The predicted octanol–water partition coefficient (Wildman–Crippen LogP) is 3.73. The van der Waals surface area contributed by atoms with E-state index in [4.69, 9.17) is 9.47 Å². The van der Waals surface area contributed by atoms with Gasteiger partial charge in [-0.05, 0) is 67.3 Å². The van der Waals surface area contributed by atoms with Gasteiger partial charge in [-0.2, -0.15) is 5.10 Å². The lowest BCUT2D eigenvalue weighted by atomic mass is 10.1. The first-order valence-corrected chi connectivity index (χ1v) is 11.2. The second-order valence-corrected chi connectivity index (χ2v) is 7.98. The van der Waals surface area contributed by atoms with E-state index in [9.17, 15) is 14.4 Å². The van der Waals surface area contributed by atoms with E-state index in [1.165, 1.54) is 13.3 Å². The zero-order valence-corrected chi connectivity index (χ0v) is 20.5. The van der Waals surface area contributed by atoms with E-state index in [0.717, 1.165) is 22.4 Å². The monoisotopic (exact) mass is 488 g/mol. The van der Waals surface area contributed by atoms with Crippen LogP contribution in [-0.4, -0.2) is 37.7 Å². The fraction of sp³-hybridized carbons (Fsp3) is 0.185. The lowest BCUT2D eigenvalue weighted by Gasteiger charge is -2.13. The lowest BCUT2D eigenvalue weighted by molar-refractivity contribution is -0.136. The number of carbonyl (C=O) groups excluding carboxylic acids is 3. The van der Waals surface area contributed by atoms with Crippen molar-refractivity contribution in [2.75, 3.05) is 24.4 Å². The molecule has 0 aromatic heterocycles. The molecule has 0 unspecified atom stereocenters. The van der Waals surface area contributed by atoms with Crippen molar-refractivity contribution >= 4 is 35.3 Å². The van der Waals surface area contributed by atoms with Gasteiger partial charge in [-0.3, -0.25) is 14.4 Å². The van der Waals surface area contributed by atoms with Gasteiger partial charge in [0.05, 0.1) is 13.3 Å². The molecule has 0 aliphatic carbocycles. The minimum atomic E-state index is -0.906. The number of benzene rings is 3. The van der Waals surface area contributed by atoms with Crippen LogP contribution in [-0.2, 0) is 14.4 Å². The average molecular weight is 489 g/mol. The molecule has 0 fully saturated rings. The topological polar surface area (TPSA) is 118 Å². The Morgan fingerprint density at radius 2 is 1.53 bits per heavy atom. The quantitative estimate of drug-likeness (QED) is 0.254. The summed E-state index contributed by atoms with van der Waals surface area (Å²) >= 11 is 0. The first-order valence-electron chi connectivity index (χ1n) is 11.2. The summed E-state index contributed by atoms with van der Waals surface area (Å²) in [5, 5.41) is 9.22. The number of methoxy groups -OCH3 is 1. The molecule has 0 atom stereocenters. The third-order valence-electron chi connectivity index (χ3n) is 5.27. The molecule has 0 spiro atoms. The van der Waals surface area contributed by atoms with E-state index < -0.39 is 11.8 Å². The van der Waals surface area contributed by atoms with Crippen molar-refractivity contribution in [2.45, 2.75) is 20.8 Å². The number of hydrogen-bond acceptors (Lipinski definition) is 6. The van der Waals surface area contributed by atoms with Crippen molar-refractivity contribution in [3.05, 3.63) is 82.9 Å². The normalized spacial score (nSPS) is 10.6. The standard InChI is InChI=1S/C27H28N4O5/c1-17-8-5-6-11-21(17)29-26(33)27(34)31-28-15-20-12-13-22(23(14-20)35-4)36-16-24(32)30-25-18(2)9-7-10-19(25)3/h5-15H,16H2,1-4H3,(H,29,33)(H,30,32)(H,31,34)/b28-15-. The minimum Gasteiger partial charge on any atom is -0.493 e. The summed E-state index contributed by atoms with van der Waals surface area (Å²) in [4.78, 5) is 36.5. The largest absolute Gasteiger partial charge is 0.493 e. The highest BCUT2D eigenvalue weighted by atomic mass is 16.5. The summed E-state index contributed by atoms with van der Waals surface area (Å²) in [5.41, 5.74) is 6.84. The van der Waals surface area contributed by atoms with Crippen molar-refractivity contribution in [3.63, 3.8) is 0 Å². The van der Waals surface area contributed by atoms with Gasteiger partial charge in [0.25, 0.3) is 5.91 Å². The summed E-state index contributed by atoms with van der Waals surface area (Å²) in [5.74, 6) is -1.29. The summed E-state index contributed by atoms with van der Waals surface area (Å²) in [6.45, 7) is 5.46. The van der Waals surface area contributed by atoms with Crippen LogP contribution in [0.4, 0.5) is 11.4 Å². The number of carbonyl (C=O) groups is 3. The lowest BCUT2D eigenvalue weighted by Crippen LogP contribution is -2.32. The molecule has 3 amide bonds. The van der Waals surface area contributed by atoms with Crippen LogP contribution in [0, 0.1) is 20.8 Å². The summed E-state index contributed by atoms with van der Waals surface area (Å²) in [7, 11) is 1.47. The minimum absolute atomic E-state index is 0.205. The van der Waals surface area contributed by atoms with Gasteiger partial charge in [-0.1, -0.05) is 36.4 Å². The average Bonchev–Trinajstić information content (AvgIpc) is 2.86. The SMILES string of the molecule is COc1cc(/C=N\NC(=O)C(=O)Nc2ccccc2C)ccc1OCC(=O)Nc1c(C)cccc1C. The van der Waals surface area contributed by atoms with E-state index in [2.05, 4.69) is 21.2 Å². The molecule has 0 bridgehead atoms. The van der Waals surface area contributed by atoms with Crippen molar-refractivity contribution in [3.8, 4) is 11.5 Å². The Hall–Kier alpha value is -4.66. The van der Waals surface area contributed by atoms with Crippen LogP contribution in [0.2, 0.25) is 0 Å². The number of aryl methyl sites for hydroxylation is 3. The fourth-order valence-electron chi connectivity index (χ4n) is 3.32. The third-order valence-corrected chi connectivity index (χ3v) is 5.27. The van der Waals surface area contributed by atoms with Gasteiger partial charge >= 0.3 is 11.8 Å². The zero-order valence-electron chi connectivity index (χ0n) is 20.5. The maximum Gasteiger partial charge on any atom is 0.329 e. The Labute approximate surface area is 209 Å². The Bertz CT molecular complexity index is 1280. The van der Waals surface area contributed by atoms with Gasteiger partial charge in [0.1, 0.15) is 0 Å². The number of para-hydroxylation sites is 2. The van der Waals surface area contributed by atoms with Gasteiger partial charge in [-0.25, -0.2) is 5.43 Å². The molecule has 9 heteroatoms. The van der Waals surface area contributed by atoms with Crippen LogP contribution in [0.5, 0.6) is 11.5 Å². The third kappa shape index (κ3) is 6.92. The molecular formula is C27H28N4O5. The molecule has 0 radical (unpaired) electrons. The molecule has 3 rings (SSSR count). The Morgan fingerprint density at radius 1 is 0.833 bits per heavy atom. The Morgan fingerprint density at radius 3 is 2.22 bits per heavy atom. The molecule has 36 heavy (non-hydrogen) atoms. The number of hydrogen-bond donors (Lipinski definition) is 3. The highest BCUT2D eigenvalue weighted by Gasteiger charge is 2.14. The smallest absolute Gasteiger partial charge is 0.329 e. The predicted molar refractivity (Wildman–Crippen MR) is 139 cm³/mol. The molecule has 186 valence electrons. The Kier molecular flexibility index (Phi) is 8.77. The second kappa shape index (κ2) is 12.2. The molecule has 3 N–H and O–H groups in total. The van der Waals surface area contributed by atoms with Crippen LogP contribution >= 0.6 is 0 Å². The molecule has 3 aromatic carbocycles. The first kappa shape index (κ1) is 26.0. The zero-order chi connectivity index (χ0) is 26.1. The van der Waals surface area contributed by atoms with Gasteiger partial charge in [0, 0.05) is 11.4 Å².